The lowest BCUT2D eigenvalue weighted by Crippen LogP contribution is -2.45. The first-order valence-electron chi connectivity index (χ1n) is 6.16. The first kappa shape index (κ1) is 14.5. The van der Waals surface area contributed by atoms with E-state index in [9.17, 15) is 19.8 Å². The molecule has 1 unspecified atom stereocenters. The van der Waals surface area contributed by atoms with E-state index < -0.39 is 23.0 Å². The standard InChI is InChI=1S/C12H18N4O4/c1-12(2,20)7(17)5-16-9-8(14(3)6-13-9)10(18)15(4)11(16)19/h6-7,17,20H,5H2,1-4H3. The van der Waals surface area contributed by atoms with Gasteiger partial charge in [-0.3, -0.25) is 13.9 Å². The molecular formula is C12H18N4O4. The molecule has 2 N–H and O–H groups in total. The second kappa shape index (κ2) is 4.57. The minimum Gasteiger partial charge on any atom is -0.388 e. The van der Waals surface area contributed by atoms with Crippen LogP contribution in [0.5, 0.6) is 0 Å². The Balaban J connectivity index is 2.71. The molecule has 8 nitrogen and oxygen atoms in total. The third kappa shape index (κ3) is 2.16. The summed E-state index contributed by atoms with van der Waals surface area (Å²) in [6.07, 6.45) is 0.265. The van der Waals surface area contributed by atoms with Gasteiger partial charge in [0.25, 0.3) is 5.56 Å². The van der Waals surface area contributed by atoms with Crippen molar-refractivity contribution in [2.45, 2.75) is 32.1 Å². The zero-order chi connectivity index (χ0) is 15.2. The molecule has 0 aliphatic rings. The predicted octanol–water partition coefficient (Wildman–Crippen LogP) is -1.43. The number of hydrogen-bond acceptors (Lipinski definition) is 5. The highest BCUT2D eigenvalue weighted by Gasteiger charge is 2.27. The van der Waals surface area contributed by atoms with Crippen LogP contribution in [0.15, 0.2) is 15.9 Å². The van der Waals surface area contributed by atoms with Gasteiger partial charge in [-0.2, -0.15) is 0 Å². The van der Waals surface area contributed by atoms with Gasteiger partial charge < -0.3 is 14.8 Å². The molecule has 0 saturated carbocycles. The molecule has 2 aromatic heterocycles. The molecule has 2 rings (SSSR count). The number of rotatable bonds is 3. The summed E-state index contributed by atoms with van der Waals surface area (Å²) in [6.45, 7) is 2.74. The summed E-state index contributed by atoms with van der Waals surface area (Å²) >= 11 is 0. The molecule has 0 aliphatic carbocycles. The van der Waals surface area contributed by atoms with Crippen LogP contribution in [-0.4, -0.2) is 40.6 Å². The predicted molar refractivity (Wildman–Crippen MR) is 72.5 cm³/mol. The number of aliphatic hydroxyl groups is 2. The summed E-state index contributed by atoms with van der Waals surface area (Å²) in [5.41, 5.74) is -1.92. The van der Waals surface area contributed by atoms with Crippen molar-refractivity contribution in [3.05, 3.63) is 27.2 Å². The molecule has 0 radical (unpaired) electrons. The van der Waals surface area contributed by atoms with Crippen LogP contribution >= 0.6 is 0 Å². The van der Waals surface area contributed by atoms with E-state index in [1.807, 2.05) is 0 Å². The van der Waals surface area contributed by atoms with E-state index in [0.29, 0.717) is 0 Å². The molecular weight excluding hydrogens is 264 g/mol. The number of fused-ring (bicyclic) bond motifs is 1. The topological polar surface area (TPSA) is 102 Å². The molecule has 8 heteroatoms. The van der Waals surface area contributed by atoms with Crippen LogP contribution in [0.3, 0.4) is 0 Å². The van der Waals surface area contributed by atoms with Gasteiger partial charge in [-0.15, -0.1) is 0 Å². The second-order valence-corrected chi connectivity index (χ2v) is 5.45. The number of aryl methyl sites for hydroxylation is 1. The van der Waals surface area contributed by atoms with Crippen LogP contribution in [0.2, 0.25) is 0 Å². The molecule has 2 heterocycles. The van der Waals surface area contributed by atoms with E-state index in [1.54, 1.807) is 7.05 Å². The highest BCUT2D eigenvalue weighted by molar-refractivity contribution is 5.69. The zero-order valence-electron chi connectivity index (χ0n) is 11.9. The van der Waals surface area contributed by atoms with Crippen LogP contribution in [-0.2, 0) is 20.6 Å². The Hall–Kier alpha value is -1.93. The first-order valence-corrected chi connectivity index (χ1v) is 6.16. The monoisotopic (exact) mass is 282 g/mol. The van der Waals surface area contributed by atoms with E-state index >= 15 is 0 Å². The number of aliphatic hydroxyl groups excluding tert-OH is 1. The van der Waals surface area contributed by atoms with Crippen LogP contribution in [0.25, 0.3) is 11.2 Å². The van der Waals surface area contributed by atoms with E-state index in [0.717, 1.165) is 4.57 Å². The minimum absolute atomic E-state index is 0.149. The largest absolute Gasteiger partial charge is 0.388 e. The van der Waals surface area contributed by atoms with E-state index in [2.05, 4.69) is 4.98 Å². The Bertz CT molecular complexity index is 763. The summed E-state index contributed by atoms with van der Waals surface area (Å²) < 4.78 is 3.67. The van der Waals surface area contributed by atoms with Crippen molar-refractivity contribution in [3.63, 3.8) is 0 Å². The molecule has 0 fully saturated rings. The second-order valence-electron chi connectivity index (χ2n) is 5.45. The Morgan fingerprint density at radius 3 is 2.50 bits per heavy atom. The number of imidazole rings is 1. The molecule has 0 aromatic carbocycles. The minimum atomic E-state index is -1.37. The normalized spacial score (nSPS) is 13.9. The van der Waals surface area contributed by atoms with Crippen molar-refractivity contribution < 1.29 is 10.2 Å². The van der Waals surface area contributed by atoms with Gasteiger partial charge >= 0.3 is 5.69 Å². The maximum Gasteiger partial charge on any atom is 0.332 e. The quantitative estimate of drug-likeness (QED) is 0.718. The summed E-state index contributed by atoms with van der Waals surface area (Å²) in [5, 5.41) is 19.7. The average Bonchev–Trinajstić information content (AvgIpc) is 2.72. The molecule has 0 amide bonds. The van der Waals surface area contributed by atoms with Crippen LogP contribution in [0, 0.1) is 0 Å². The fourth-order valence-electron chi connectivity index (χ4n) is 1.94. The lowest BCUT2D eigenvalue weighted by Gasteiger charge is -2.25. The zero-order valence-corrected chi connectivity index (χ0v) is 11.9. The van der Waals surface area contributed by atoms with Crippen molar-refractivity contribution in [2.24, 2.45) is 14.1 Å². The van der Waals surface area contributed by atoms with Crippen LogP contribution in [0.1, 0.15) is 13.8 Å². The Morgan fingerprint density at radius 2 is 1.95 bits per heavy atom. The van der Waals surface area contributed by atoms with Gasteiger partial charge in [0.2, 0.25) is 0 Å². The number of aromatic nitrogens is 4. The molecule has 0 bridgehead atoms. The smallest absolute Gasteiger partial charge is 0.332 e. The first-order chi connectivity index (χ1) is 9.14. The van der Waals surface area contributed by atoms with Crippen LogP contribution < -0.4 is 11.2 Å². The van der Waals surface area contributed by atoms with Gasteiger partial charge in [-0.05, 0) is 13.8 Å². The third-order valence-corrected chi connectivity index (χ3v) is 3.37. The molecule has 0 spiro atoms. The van der Waals surface area contributed by atoms with Crippen molar-refractivity contribution in [2.75, 3.05) is 0 Å². The maximum atomic E-state index is 12.2. The van der Waals surface area contributed by atoms with Gasteiger partial charge in [0.1, 0.15) is 6.10 Å². The van der Waals surface area contributed by atoms with E-state index in [4.69, 9.17) is 0 Å². The SMILES string of the molecule is Cn1c(=O)c2c(ncn2C)n(CC(O)C(C)(C)O)c1=O. The Morgan fingerprint density at radius 1 is 1.35 bits per heavy atom. The summed E-state index contributed by atoms with van der Waals surface area (Å²) in [4.78, 5) is 28.2. The number of hydrogen-bond donors (Lipinski definition) is 2. The molecule has 2 aromatic rings. The van der Waals surface area contributed by atoms with Crippen LogP contribution in [0.4, 0.5) is 0 Å². The molecule has 110 valence electrons. The molecule has 0 aliphatic heterocycles. The maximum absolute atomic E-state index is 12.2. The number of nitrogens with zero attached hydrogens (tertiary/aromatic N) is 4. The average molecular weight is 282 g/mol. The van der Waals surface area contributed by atoms with Gasteiger partial charge in [0, 0.05) is 14.1 Å². The summed E-state index contributed by atoms with van der Waals surface area (Å²) in [5.74, 6) is 0. The van der Waals surface area contributed by atoms with Crippen molar-refractivity contribution in [1.82, 2.24) is 18.7 Å². The van der Waals surface area contributed by atoms with E-state index in [1.165, 1.54) is 36.4 Å². The lowest BCUT2D eigenvalue weighted by molar-refractivity contribution is -0.0553. The third-order valence-electron chi connectivity index (χ3n) is 3.37. The fourth-order valence-corrected chi connectivity index (χ4v) is 1.94. The van der Waals surface area contributed by atoms with Gasteiger partial charge in [0.15, 0.2) is 11.2 Å². The van der Waals surface area contributed by atoms with Crippen molar-refractivity contribution in [1.29, 1.82) is 0 Å². The fraction of sp³-hybridized carbons (Fsp3) is 0.583. The van der Waals surface area contributed by atoms with Gasteiger partial charge in [-0.25, -0.2) is 9.78 Å². The highest BCUT2D eigenvalue weighted by Crippen LogP contribution is 2.12. The van der Waals surface area contributed by atoms with E-state index in [-0.39, 0.29) is 17.7 Å². The van der Waals surface area contributed by atoms with Gasteiger partial charge in [0.05, 0.1) is 18.5 Å². The summed E-state index contributed by atoms with van der Waals surface area (Å²) in [7, 11) is 3.02. The molecule has 1 atom stereocenters. The van der Waals surface area contributed by atoms with Crippen molar-refractivity contribution >= 4 is 11.2 Å². The highest BCUT2D eigenvalue weighted by atomic mass is 16.3. The summed E-state index contributed by atoms with van der Waals surface area (Å²) in [6, 6.07) is 0. The lowest BCUT2D eigenvalue weighted by atomic mass is 10.0. The Kier molecular flexibility index (Phi) is 3.31. The van der Waals surface area contributed by atoms with Gasteiger partial charge in [-0.1, -0.05) is 0 Å². The Labute approximate surface area is 114 Å². The molecule has 0 saturated heterocycles. The van der Waals surface area contributed by atoms with Crippen molar-refractivity contribution in [3.8, 4) is 0 Å². The molecule has 20 heavy (non-hydrogen) atoms.